The molecule has 5 heteroatoms. The molecule has 124 valence electrons. The molecular weight excluding hydrogens is 264 g/mol. The molecule has 0 aromatic rings. The lowest BCUT2D eigenvalue weighted by Crippen LogP contribution is -2.54. The summed E-state index contributed by atoms with van der Waals surface area (Å²) in [5, 5.41) is 3.31. The van der Waals surface area contributed by atoms with Crippen LogP contribution in [0.4, 0.5) is 0 Å². The third-order valence-corrected chi connectivity index (χ3v) is 4.46. The smallest absolute Gasteiger partial charge is 0.237 e. The Labute approximate surface area is 130 Å². The van der Waals surface area contributed by atoms with Gasteiger partial charge in [-0.25, -0.2) is 0 Å². The van der Waals surface area contributed by atoms with Crippen molar-refractivity contribution in [2.75, 3.05) is 45.8 Å². The highest BCUT2D eigenvalue weighted by molar-refractivity contribution is 5.84. The molecule has 1 aliphatic rings. The van der Waals surface area contributed by atoms with Gasteiger partial charge in [-0.2, -0.15) is 0 Å². The van der Waals surface area contributed by atoms with Crippen molar-refractivity contribution < 1.29 is 4.79 Å². The largest absolute Gasteiger partial charge is 0.368 e. The second-order valence-electron chi connectivity index (χ2n) is 6.41. The van der Waals surface area contributed by atoms with Crippen molar-refractivity contribution in [2.45, 2.75) is 52.0 Å². The van der Waals surface area contributed by atoms with Crippen molar-refractivity contribution in [1.29, 1.82) is 0 Å². The number of amides is 1. The Balaban J connectivity index is 2.27. The normalized spacial score (nSPS) is 20.3. The number of piperazine rings is 1. The molecule has 1 rings (SSSR count). The van der Waals surface area contributed by atoms with Gasteiger partial charge in [0.2, 0.25) is 5.91 Å². The predicted molar refractivity (Wildman–Crippen MR) is 88.3 cm³/mol. The number of carbonyl (C=O) groups is 1. The summed E-state index contributed by atoms with van der Waals surface area (Å²) in [6.07, 6.45) is 4.09. The van der Waals surface area contributed by atoms with Crippen molar-refractivity contribution >= 4 is 5.91 Å². The maximum atomic E-state index is 11.7. The van der Waals surface area contributed by atoms with E-state index >= 15 is 0 Å². The summed E-state index contributed by atoms with van der Waals surface area (Å²) >= 11 is 0. The first kappa shape index (κ1) is 18.4. The second-order valence-corrected chi connectivity index (χ2v) is 6.41. The fourth-order valence-electron chi connectivity index (χ4n) is 2.91. The molecule has 5 nitrogen and oxygen atoms in total. The van der Waals surface area contributed by atoms with Crippen LogP contribution in [-0.2, 0) is 4.79 Å². The van der Waals surface area contributed by atoms with Gasteiger partial charge in [0.1, 0.15) is 0 Å². The van der Waals surface area contributed by atoms with E-state index in [0.717, 1.165) is 45.4 Å². The summed E-state index contributed by atoms with van der Waals surface area (Å²) in [4.78, 5) is 16.7. The van der Waals surface area contributed by atoms with Gasteiger partial charge in [-0.05, 0) is 52.2 Å². The molecule has 0 radical (unpaired) electrons. The summed E-state index contributed by atoms with van der Waals surface area (Å²) in [6, 6.07) is 0. The zero-order valence-electron chi connectivity index (χ0n) is 14.2. The van der Waals surface area contributed by atoms with Crippen molar-refractivity contribution in [2.24, 2.45) is 5.73 Å². The van der Waals surface area contributed by atoms with Gasteiger partial charge in [0.25, 0.3) is 0 Å². The zero-order valence-corrected chi connectivity index (χ0v) is 14.2. The van der Waals surface area contributed by atoms with Crippen LogP contribution in [0.3, 0.4) is 0 Å². The third-order valence-electron chi connectivity index (χ3n) is 4.46. The van der Waals surface area contributed by atoms with Crippen molar-refractivity contribution in [3.05, 3.63) is 0 Å². The van der Waals surface area contributed by atoms with Gasteiger partial charge in [0.05, 0.1) is 5.54 Å². The number of hydrogen-bond donors (Lipinski definition) is 2. The van der Waals surface area contributed by atoms with Gasteiger partial charge >= 0.3 is 0 Å². The molecular formula is C16H34N4O. The van der Waals surface area contributed by atoms with Crippen LogP contribution in [0.1, 0.15) is 46.5 Å². The SMILES string of the molecule is CCCNC(C)(CCCN1CCN(CCC)CC1)C(N)=O. The molecule has 0 aromatic carbocycles. The Hall–Kier alpha value is -0.650. The highest BCUT2D eigenvalue weighted by Gasteiger charge is 2.29. The first-order valence-corrected chi connectivity index (χ1v) is 8.51. The number of carbonyl (C=O) groups excluding carboxylic acids is 1. The number of nitrogens with zero attached hydrogens (tertiary/aromatic N) is 2. The quantitative estimate of drug-likeness (QED) is 0.632. The number of nitrogens with two attached hydrogens (primary N) is 1. The van der Waals surface area contributed by atoms with Gasteiger partial charge < -0.3 is 20.9 Å². The lowest BCUT2D eigenvalue weighted by atomic mass is 9.94. The van der Waals surface area contributed by atoms with E-state index in [1.165, 1.54) is 26.1 Å². The lowest BCUT2D eigenvalue weighted by molar-refractivity contribution is -0.124. The predicted octanol–water partition coefficient (Wildman–Crippen LogP) is 1.04. The maximum Gasteiger partial charge on any atom is 0.237 e. The van der Waals surface area contributed by atoms with Crippen molar-refractivity contribution in [1.82, 2.24) is 15.1 Å². The van der Waals surface area contributed by atoms with E-state index in [1.54, 1.807) is 0 Å². The minimum Gasteiger partial charge on any atom is -0.368 e. The fourth-order valence-corrected chi connectivity index (χ4v) is 2.91. The minimum absolute atomic E-state index is 0.233. The average Bonchev–Trinajstić information content (AvgIpc) is 2.47. The summed E-state index contributed by atoms with van der Waals surface area (Å²) in [5.74, 6) is -0.233. The van der Waals surface area contributed by atoms with E-state index in [1.807, 2.05) is 6.92 Å². The monoisotopic (exact) mass is 298 g/mol. The molecule has 0 aromatic heterocycles. The third kappa shape index (κ3) is 6.32. The summed E-state index contributed by atoms with van der Waals surface area (Å²) in [5.41, 5.74) is 5.01. The van der Waals surface area contributed by atoms with Crippen LogP contribution < -0.4 is 11.1 Å². The van der Waals surface area contributed by atoms with Gasteiger partial charge in [0, 0.05) is 26.2 Å². The van der Waals surface area contributed by atoms with E-state index in [2.05, 4.69) is 29.0 Å². The zero-order chi connectivity index (χ0) is 15.7. The molecule has 1 amide bonds. The molecule has 1 heterocycles. The van der Waals surface area contributed by atoms with E-state index < -0.39 is 5.54 Å². The van der Waals surface area contributed by atoms with Gasteiger partial charge in [-0.1, -0.05) is 13.8 Å². The highest BCUT2D eigenvalue weighted by Crippen LogP contribution is 2.13. The molecule has 1 aliphatic heterocycles. The van der Waals surface area contributed by atoms with Crippen LogP contribution in [0.25, 0.3) is 0 Å². The molecule has 1 saturated heterocycles. The first-order valence-electron chi connectivity index (χ1n) is 8.51. The highest BCUT2D eigenvalue weighted by atomic mass is 16.1. The van der Waals surface area contributed by atoms with E-state index in [9.17, 15) is 4.79 Å². The summed E-state index contributed by atoms with van der Waals surface area (Å²) in [7, 11) is 0. The molecule has 1 unspecified atom stereocenters. The second kappa shape index (κ2) is 9.38. The van der Waals surface area contributed by atoms with Crippen molar-refractivity contribution in [3.8, 4) is 0 Å². The Morgan fingerprint density at radius 3 is 2.14 bits per heavy atom. The Morgan fingerprint density at radius 2 is 1.67 bits per heavy atom. The molecule has 0 spiro atoms. The van der Waals surface area contributed by atoms with E-state index in [-0.39, 0.29) is 5.91 Å². The Bertz CT molecular complexity index is 303. The topological polar surface area (TPSA) is 61.6 Å². The van der Waals surface area contributed by atoms with Crippen LogP contribution in [0, 0.1) is 0 Å². The van der Waals surface area contributed by atoms with Crippen LogP contribution >= 0.6 is 0 Å². The van der Waals surface area contributed by atoms with Gasteiger partial charge in [-0.3, -0.25) is 4.79 Å². The molecule has 1 atom stereocenters. The van der Waals surface area contributed by atoms with Crippen LogP contribution in [0.15, 0.2) is 0 Å². The molecule has 0 bridgehead atoms. The molecule has 3 N–H and O–H groups in total. The number of nitrogens with one attached hydrogen (secondary N) is 1. The van der Waals surface area contributed by atoms with Crippen LogP contribution in [-0.4, -0.2) is 67.1 Å². The minimum atomic E-state index is -0.556. The van der Waals surface area contributed by atoms with Crippen molar-refractivity contribution in [3.63, 3.8) is 0 Å². The first-order chi connectivity index (χ1) is 10.0. The van der Waals surface area contributed by atoms with Crippen LogP contribution in [0.5, 0.6) is 0 Å². The number of hydrogen-bond acceptors (Lipinski definition) is 4. The van der Waals surface area contributed by atoms with Crippen LogP contribution in [0.2, 0.25) is 0 Å². The van der Waals surface area contributed by atoms with E-state index in [4.69, 9.17) is 5.73 Å². The fraction of sp³-hybridized carbons (Fsp3) is 0.938. The van der Waals surface area contributed by atoms with Gasteiger partial charge in [0.15, 0.2) is 0 Å². The van der Waals surface area contributed by atoms with E-state index in [0.29, 0.717) is 0 Å². The maximum absolute atomic E-state index is 11.7. The molecule has 1 fully saturated rings. The average molecular weight is 298 g/mol. The molecule has 0 saturated carbocycles. The number of rotatable bonds is 10. The lowest BCUT2D eigenvalue weighted by Gasteiger charge is -2.35. The van der Waals surface area contributed by atoms with Gasteiger partial charge in [-0.15, -0.1) is 0 Å². The molecule has 0 aliphatic carbocycles. The summed E-state index contributed by atoms with van der Waals surface area (Å²) in [6.45, 7) is 14.0. The molecule has 21 heavy (non-hydrogen) atoms. The number of primary amides is 1. The Kier molecular flexibility index (Phi) is 8.22. The standard InChI is InChI=1S/C16H34N4O/c1-4-8-18-16(3,15(17)21)7-6-10-20-13-11-19(9-5-2)12-14-20/h18H,4-14H2,1-3H3,(H2,17,21). The summed E-state index contributed by atoms with van der Waals surface area (Å²) < 4.78 is 0. The Morgan fingerprint density at radius 1 is 1.10 bits per heavy atom.